The molecule has 0 bridgehead atoms. The Morgan fingerprint density at radius 2 is 1.94 bits per heavy atom. The Morgan fingerprint density at radius 1 is 1.14 bits per heavy atom. The average Bonchev–Trinajstić information content (AvgIpc) is 3.28. The first-order valence-electron chi connectivity index (χ1n) is 10.5. The van der Waals surface area contributed by atoms with Crippen LogP contribution in [0.25, 0.3) is 5.69 Å². The molecule has 1 aliphatic rings. The lowest BCUT2D eigenvalue weighted by atomic mass is 10.1. The summed E-state index contributed by atoms with van der Waals surface area (Å²) in [4.78, 5) is 43.1. The number of urea groups is 1. The number of anilines is 2. The maximum Gasteiger partial charge on any atom is 0.323 e. The van der Waals surface area contributed by atoms with Crippen molar-refractivity contribution in [2.24, 2.45) is 0 Å². The molecule has 35 heavy (non-hydrogen) atoms. The third-order valence-corrected chi connectivity index (χ3v) is 5.71. The van der Waals surface area contributed by atoms with Crippen LogP contribution in [0.4, 0.5) is 25.1 Å². The molecule has 9 nitrogen and oxygen atoms in total. The highest BCUT2D eigenvalue weighted by molar-refractivity contribution is 6.30. The van der Waals surface area contributed by atoms with Gasteiger partial charge >= 0.3 is 6.03 Å². The van der Waals surface area contributed by atoms with E-state index in [1.54, 1.807) is 6.07 Å². The van der Waals surface area contributed by atoms with E-state index in [9.17, 15) is 23.2 Å². The quantitative estimate of drug-likeness (QED) is 0.555. The van der Waals surface area contributed by atoms with Crippen molar-refractivity contribution in [2.75, 3.05) is 24.3 Å². The lowest BCUT2D eigenvalue weighted by molar-refractivity contribution is -0.119. The molecule has 4 rings (SSSR count). The van der Waals surface area contributed by atoms with Crippen LogP contribution in [0.2, 0.25) is 5.02 Å². The minimum Gasteiger partial charge on any atom is -0.380 e. The van der Waals surface area contributed by atoms with Crippen LogP contribution < -0.4 is 16.2 Å². The molecule has 3 aromatic rings. The fourth-order valence-corrected chi connectivity index (χ4v) is 3.82. The Labute approximate surface area is 203 Å². The molecule has 1 saturated heterocycles. The van der Waals surface area contributed by atoms with Crippen molar-refractivity contribution >= 4 is 35.0 Å². The lowest BCUT2D eigenvalue weighted by Crippen LogP contribution is -2.45. The second-order valence-corrected chi connectivity index (χ2v) is 8.20. The van der Waals surface area contributed by atoms with Crippen LogP contribution in [0.1, 0.15) is 6.42 Å². The maximum atomic E-state index is 14.8. The Kier molecular flexibility index (Phi) is 7.08. The largest absolute Gasteiger partial charge is 0.380 e. The molecule has 2 atom stereocenters. The van der Waals surface area contributed by atoms with E-state index in [4.69, 9.17) is 16.3 Å². The maximum absolute atomic E-state index is 14.8. The number of hydrogen-bond donors (Lipinski definition) is 2. The molecule has 12 heteroatoms. The second kappa shape index (κ2) is 10.2. The minimum atomic E-state index is -0.947. The Morgan fingerprint density at radius 3 is 2.63 bits per heavy atom. The van der Waals surface area contributed by atoms with Gasteiger partial charge in [-0.1, -0.05) is 11.6 Å². The predicted octanol–water partition coefficient (Wildman–Crippen LogP) is 3.42. The number of amides is 3. The SMILES string of the molecule is CO[C@@H]1C[C@H](C(=O)Nc2ccc(-n3cc(F)ccc3=O)cc2F)N(C(=O)Nc2ccc(Cl)cn2)C1. The Hall–Kier alpha value is -3.83. The van der Waals surface area contributed by atoms with Crippen molar-refractivity contribution in [1.82, 2.24) is 14.5 Å². The number of hydrogen-bond acceptors (Lipinski definition) is 5. The number of aromatic nitrogens is 2. The summed E-state index contributed by atoms with van der Waals surface area (Å²) < 4.78 is 34.6. The van der Waals surface area contributed by atoms with Crippen molar-refractivity contribution in [1.29, 1.82) is 0 Å². The number of rotatable bonds is 5. The van der Waals surface area contributed by atoms with Gasteiger partial charge in [0.15, 0.2) is 0 Å². The molecule has 1 aliphatic heterocycles. The van der Waals surface area contributed by atoms with Crippen LogP contribution in [0.5, 0.6) is 0 Å². The zero-order valence-electron chi connectivity index (χ0n) is 18.4. The first-order chi connectivity index (χ1) is 16.7. The number of benzene rings is 1. The average molecular weight is 504 g/mol. The van der Waals surface area contributed by atoms with E-state index in [0.717, 1.165) is 29.0 Å². The number of nitrogens with zero attached hydrogens (tertiary/aromatic N) is 3. The molecule has 0 aliphatic carbocycles. The summed E-state index contributed by atoms with van der Waals surface area (Å²) in [5.41, 5.74) is -0.624. The van der Waals surface area contributed by atoms with Crippen LogP contribution >= 0.6 is 11.6 Å². The normalized spacial score (nSPS) is 17.3. The highest BCUT2D eigenvalue weighted by Gasteiger charge is 2.40. The predicted molar refractivity (Wildman–Crippen MR) is 125 cm³/mol. The third-order valence-electron chi connectivity index (χ3n) is 5.49. The zero-order chi connectivity index (χ0) is 25.1. The molecule has 3 heterocycles. The van der Waals surface area contributed by atoms with E-state index in [2.05, 4.69) is 15.6 Å². The Balaban J connectivity index is 1.51. The molecule has 1 fully saturated rings. The van der Waals surface area contributed by atoms with Gasteiger partial charge in [-0.3, -0.25) is 19.5 Å². The molecule has 2 N–H and O–H groups in total. The van der Waals surface area contributed by atoms with Crippen molar-refractivity contribution in [3.05, 3.63) is 81.9 Å². The summed E-state index contributed by atoms with van der Waals surface area (Å²) in [6.07, 6.45) is 2.10. The summed E-state index contributed by atoms with van der Waals surface area (Å²) >= 11 is 5.81. The van der Waals surface area contributed by atoms with Crippen LogP contribution in [-0.4, -0.2) is 52.2 Å². The summed E-state index contributed by atoms with van der Waals surface area (Å²) in [7, 11) is 1.47. The molecular weight excluding hydrogens is 484 g/mol. The van der Waals surface area contributed by atoms with Crippen LogP contribution in [0.15, 0.2) is 59.7 Å². The molecule has 1 aromatic carbocycles. The zero-order valence-corrected chi connectivity index (χ0v) is 19.1. The highest BCUT2D eigenvalue weighted by Crippen LogP contribution is 2.24. The van der Waals surface area contributed by atoms with E-state index in [-0.39, 0.29) is 30.2 Å². The number of halogens is 3. The third kappa shape index (κ3) is 5.47. The van der Waals surface area contributed by atoms with Gasteiger partial charge < -0.3 is 15.0 Å². The molecular formula is C23H20ClF2N5O4. The van der Waals surface area contributed by atoms with Gasteiger partial charge in [0, 0.05) is 44.6 Å². The smallest absolute Gasteiger partial charge is 0.323 e. The number of carbonyl (C=O) groups excluding carboxylic acids is 2. The van der Waals surface area contributed by atoms with Gasteiger partial charge in [-0.2, -0.15) is 0 Å². The molecule has 0 radical (unpaired) electrons. The van der Waals surface area contributed by atoms with Crippen LogP contribution in [0.3, 0.4) is 0 Å². The van der Waals surface area contributed by atoms with Gasteiger partial charge in [-0.05, 0) is 30.3 Å². The molecule has 3 amide bonds. The molecule has 182 valence electrons. The van der Waals surface area contributed by atoms with E-state index in [0.29, 0.717) is 5.02 Å². The lowest BCUT2D eigenvalue weighted by Gasteiger charge is -2.24. The van der Waals surface area contributed by atoms with Gasteiger partial charge in [0.05, 0.1) is 22.5 Å². The molecule has 0 saturated carbocycles. The van der Waals surface area contributed by atoms with Crippen molar-refractivity contribution in [2.45, 2.75) is 18.6 Å². The summed E-state index contributed by atoms with van der Waals surface area (Å²) in [6, 6.07) is 7.18. The van der Waals surface area contributed by atoms with E-state index >= 15 is 0 Å². The van der Waals surface area contributed by atoms with E-state index < -0.39 is 41.3 Å². The summed E-state index contributed by atoms with van der Waals surface area (Å²) in [5.74, 6) is -1.88. The van der Waals surface area contributed by atoms with Gasteiger partial charge in [-0.25, -0.2) is 18.6 Å². The number of pyridine rings is 2. The first kappa shape index (κ1) is 24.3. The van der Waals surface area contributed by atoms with Crippen LogP contribution in [-0.2, 0) is 9.53 Å². The number of ether oxygens (including phenoxy) is 1. The standard InChI is InChI=1S/C23H20ClF2N5O4/c1-35-16-9-19(31(12-16)23(34)29-20-6-2-13(24)10-27-20)22(33)28-18-5-4-15(8-17(18)26)30-11-14(25)3-7-21(30)32/h2-8,10-11,16,19H,9,12H2,1H3,(H,28,33)(H,27,29,34)/t16-,19-/m1/s1. The van der Waals surface area contributed by atoms with Crippen LogP contribution in [0, 0.1) is 11.6 Å². The van der Waals surface area contributed by atoms with Gasteiger partial charge in [0.1, 0.15) is 23.5 Å². The topological polar surface area (TPSA) is 106 Å². The number of likely N-dealkylation sites (tertiary alicyclic amines) is 1. The van der Waals surface area contributed by atoms with Gasteiger partial charge in [0.2, 0.25) is 5.91 Å². The molecule has 2 aromatic heterocycles. The summed E-state index contributed by atoms with van der Waals surface area (Å²) in [5, 5.41) is 5.47. The number of carbonyl (C=O) groups is 2. The van der Waals surface area contributed by atoms with Crippen molar-refractivity contribution in [3.63, 3.8) is 0 Å². The molecule has 0 unspecified atom stereocenters. The van der Waals surface area contributed by atoms with Crippen molar-refractivity contribution in [3.8, 4) is 5.69 Å². The van der Waals surface area contributed by atoms with Gasteiger partial charge in [-0.15, -0.1) is 0 Å². The van der Waals surface area contributed by atoms with E-state index in [1.807, 2.05) is 0 Å². The van der Waals surface area contributed by atoms with E-state index in [1.165, 1.54) is 36.4 Å². The number of nitrogens with one attached hydrogen (secondary N) is 2. The minimum absolute atomic E-state index is 0.0850. The summed E-state index contributed by atoms with van der Waals surface area (Å²) in [6.45, 7) is 0.137. The second-order valence-electron chi connectivity index (χ2n) is 7.76. The van der Waals surface area contributed by atoms with Crippen molar-refractivity contribution < 1.29 is 23.1 Å². The number of methoxy groups -OCH3 is 1. The Bertz CT molecular complexity index is 1320. The first-order valence-corrected chi connectivity index (χ1v) is 10.8. The molecule has 0 spiro atoms. The monoisotopic (exact) mass is 503 g/mol. The fraction of sp³-hybridized carbons (Fsp3) is 0.217. The van der Waals surface area contributed by atoms with Gasteiger partial charge in [0.25, 0.3) is 5.56 Å². The fourth-order valence-electron chi connectivity index (χ4n) is 3.71. The highest BCUT2D eigenvalue weighted by atomic mass is 35.5.